The van der Waals surface area contributed by atoms with E-state index in [0.29, 0.717) is 11.6 Å². The average molecular weight is 307 g/mol. The third-order valence-corrected chi connectivity index (χ3v) is 4.06. The number of nitrogens with zero attached hydrogens (tertiary/aromatic N) is 1. The van der Waals surface area contributed by atoms with Crippen molar-refractivity contribution in [2.45, 2.75) is 31.9 Å². The number of aromatic amines is 1. The lowest BCUT2D eigenvalue weighted by molar-refractivity contribution is 0.124. The van der Waals surface area contributed by atoms with Crippen LogP contribution in [0.3, 0.4) is 0 Å². The molecule has 0 bridgehead atoms. The van der Waals surface area contributed by atoms with Crippen molar-refractivity contribution in [3.63, 3.8) is 0 Å². The van der Waals surface area contributed by atoms with Gasteiger partial charge in [0.1, 0.15) is 17.2 Å². The highest BCUT2D eigenvalue weighted by Gasteiger charge is 2.36. The Morgan fingerprint density at radius 3 is 3.05 bits per heavy atom. The molecule has 0 radical (unpaired) electrons. The lowest BCUT2D eigenvalue weighted by Gasteiger charge is -2.23. The van der Waals surface area contributed by atoms with Crippen LogP contribution in [0.2, 0.25) is 5.02 Å². The van der Waals surface area contributed by atoms with Crippen LogP contribution in [0.25, 0.3) is 0 Å². The molecule has 6 heteroatoms. The fraction of sp³-hybridized carbons (Fsp3) is 0.400. The van der Waals surface area contributed by atoms with Gasteiger partial charge < -0.3 is 15.8 Å². The van der Waals surface area contributed by atoms with E-state index in [1.54, 1.807) is 6.20 Å². The fourth-order valence-corrected chi connectivity index (χ4v) is 2.95. The normalized spacial score (nSPS) is 21.7. The van der Waals surface area contributed by atoms with Crippen LogP contribution in [0.1, 0.15) is 31.0 Å². The van der Waals surface area contributed by atoms with Gasteiger partial charge in [0, 0.05) is 29.1 Å². The van der Waals surface area contributed by atoms with Crippen LogP contribution in [0.15, 0.2) is 24.4 Å². The van der Waals surface area contributed by atoms with Crippen LogP contribution in [0, 0.1) is 0 Å². The van der Waals surface area contributed by atoms with Gasteiger partial charge in [-0.25, -0.2) is 0 Å². The van der Waals surface area contributed by atoms with Crippen molar-refractivity contribution >= 4 is 17.4 Å². The lowest BCUT2D eigenvalue weighted by Crippen LogP contribution is -2.39. The molecule has 1 aromatic carbocycles. The number of anilines is 1. The molecule has 0 aliphatic carbocycles. The van der Waals surface area contributed by atoms with Gasteiger partial charge in [-0.2, -0.15) is 5.10 Å². The smallest absolute Gasteiger partial charge is 0.128 e. The number of hydrogen-bond donors (Lipinski definition) is 3. The van der Waals surface area contributed by atoms with Crippen molar-refractivity contribution in [2.75, 3.05) is 11.9 Å². The van der Waals surface area contributed by atoms with E-state index in [9.17, 15) is 0 Å². The number of nitrogens with one attached hydrogen (secondary N) is 2. The number of hydrogen-bond acceptors (Lipinski definition) is 4. The first-order chi connectivity index (χ1) is 10.0. The predicted octanol–water partition coefficient (Wildman–Crippen LogP) is 2.89. The summed E-state index contributed by atoms with van der Waals surface area (Å²) >= 11 is 6.26. The monoisotopic (exact) mass is 306 g/mol. The molecule has 4 N–H and O–H groups in total. The van der Waals surface area contributed by atoms with Gasteiger partial charge in [0.05, 0.1) is 12.2 Å². The zero-order valence-corrected chi connectivity index (χ0v) is 12.9. The molecule has 1 aliphatic rings. The molecule has 2 aromatic rings. The first kappa shape index (κ1) is 14.2. The Balaban J connectivity index is 1.93. The Kier molecular flexibility index (Phi) is 3.55. The van der Waals surface area contributed by atoms with Crippen LogP contribution in [-0.4, -0.2) is 22.3 Å². The van der Waals surface area contributed by atoms with Crippen LogP contribution in [0.5, 0.6) is 5.75 Å². The van der Waals surface area contributed by atoms with Crippen molar-refractivity contribution in [2.24, 2.45) is 5.73 Å². The number of nitrogens with two attached hydrogens (primary N) is 1. The summed E-state index contributed by atoms with van der Waals surface area (Å²) in [6, 6.07) is 5.82. The minimum absolute atomic E-state index is 0.0398. The maximum absolute atomic E-state index is 6.26. The summed E-state index contributed by atoms with van der Waals surface area (Å²) in [5.74, 6) is 1.75. The van der Waals surface area contributed by atoms with Crippen LogP contribution in [-0.2, 0) is 6.42 Å². The molecule has 21 heavy (non-hydrogen) atoms. The van der Waals surface area contributed by atoms with Crippen molar-refractivity contribution < 1.29 is 4.74 Å². The molecule has 1 aliphatic heterocycles. The number of benzene rings is 1. The van der Waals surface area contributed by atoms with E-state index < -0.39 is 0 Å². The third kappa shape index (κ3) is 2.71. The average Bonchev–Trinajstić information content (AvgIpc) is 3.05. The first-order valence-corrected chi connectivity index (χ1v) is 7.36. The maximum Gasteiger partial charge on any atom is 0.128 e. The van der Waals surface area contributed by atoms with Gasteiger partial charge in [-0.05, 0) is 32.0 Å². The standard InChI is InChI=1S/C15H19ClN4O/c1-9(19-13-3-4-18-20-13)12-6-11(16)5-10-7-15(2,8-17)21-14(10)12/h3-6,9H,7-8,17H2,1-2H3,(H2,18,19,20)/t9-,15?/m1/s1. The van der Waals surface area contributed by atoms with Crippen LogP contribution >= 0.6 is 11.6 Å². The van der Waals surface area contributed by atoms with E-state index in [4.69, 9.17) is 22.1 Å². The number of halogens is 1. The molecule has 0 amide bonds. The summed E-state index contributed by atoms with van der Waals surface area (Å²) in [5.41, 5.74) is 7.63. The summed E-state index contributed by atoms with van der Waals surface area (Å²) in [6.45, 7) is 4.56. The summed E-state index contributed by atoms with van der Waals surface area (Å²) in [6.07, 6.45) is 2.49. The number of fused-ring (bicyclic) bond motifs is 1. The molecule has 5 nitrogen and oxygen atoms in total. The Labute approximate surface area is 128 Å². The fourth-order valence-electron chi connectivity index (χ4n) is 2.70. The predicted molar refractivity (Wildman–Crippen MR) is 83.9 cm³/mol. The van der Waals surface area contributed by atoms with Crippen LogP contribution in [0.4, 0.5) is 5.82 Å². The molecule has 112 valence electrons. The van der Waals surface area contributed by atoms with Gasteiger partial charge in [0.2, 0.25) is 0 Å². The van der Waals surface area contributed by atoms with E-state index in [2.05, 4.69) is 22.4 Å². The molecule has 2 heterocycles. The molecule has 0 spiro atoms. The van der Waals surface area contributed by atoms with E-state index in [-0.39, 0.29) is 11.6 Å². The second-order valence-corrected chi connectivity index (χ2v) is 6.19. The molecule has 3 rings (SSSR count). The lowest BCUT2D eigenvalue weighted by atomic mass is 9.97. The molecule has 2 atom stereocenters. The largest absolute Gasteiger partial charge is 0.485 e. The van der Waals surface area contributed by atoms with Gasteiger partial charge in [-0.1, -0.05) is 11.6 Å². The first-order valence-electron chi connectivity index (χ1n) is 6.98. The van der Waals surface area contributed by atoms with Crippen molar-refractivity contribution in [1.82, 2.24) is 10.2 Å². The van der Waals surface area contributed by atoms with E-state index >= 15 is 0 Å². The molecule has 1 unspecified atom stereocenters. The zero-order chi connectivity index (χ0) is 15.0. The zero-order valence-electron chi connectivity index (χ0n) is 12.1. The SMILES string of the molecule is C[C@@H](Nc1ccn[nH]1)c1cc(Cl)cc2c1OC(C)(CN)C2. The Morgan fingerprint density at radius 1 is 1.57 bits per heavy atom. The van der Waals surface area contributed by atoms with Gasteiger partial charge in [-0.15, -0.1) is 0 Å². The van der Waals surface area contributed by atoms with E-state index in [0.717, 1.165) is 29.1 Å². The highest BCUT2D eigenvalue weighted by Crippen LogP contribution is 2.42. The maximum atomic E-state index is 6.26. The van der Waals surface area contributed by atoms with Gasteiger partial charge in [-0.3, -0.25) is 5.10 Å². The van der Waals surface area contributed by atoms with Gasteiger partial charge in [0.15, 0.2) is 0 Å². The third-order valence-electron chi connectivity index (χ3n) is 3.84. The molecule has 1 aromatic heterocycles. The minimum atomic E-state index is -0.352. The van der Waals surface area contributed by atoms with Crippen LogP contribution < -0.4 is 15.8 Å². The van der Waals surface area contributed by atoms with E-state index in [1.165, 1.54) is 0 Å². The second kappa shape index (κ2) is 5.24. The minimum Gasteiger partial charge on any atom is -0.485 e. The molecule has 0 saturated heterocycles. The number of ether oxygens (including phenoxy) is 1. The summed E-state index contributed by atoms with van der Waals surface area (Å²) in [4.78, 5) is 0. The van der Waals surface area contributed by atoms with Gasteiger partial charge >= 0.3 is 0 Å². The second-order valence-electron chi connectivity index (χ2n) is 5.75. The van der Waals surface area contributed by atoms with Gasteiger partial charge in [0.25, 0.3) is 0 Å². The Bertz CT molecular complexity index is 643. The van der Waals surface area contributed by atoms with Crippen molar-refractivity contribution in [3.8, 4) is 5.75 Å². The van der Waals surface area contributed by atoms with Crippen molar-refractivity contribution in [3.05, 3.63) is 40.5 Å². The summed E-state index contributed by atoms with van der Waals surface area (Å²) in [5, 5.41) is 10.9. The quantitative estimate of drug-likeness (QED) is 0.812. The summed E-state index contributed by atoms with van der Waals surface area (Å²) in [7, 11) is 0. The number of aromatic nitrogens is 2. The number of rotatable bonds is 4. The molecule has 0 saturated carbocycles. The molecular formula is C15H19ClN4O. The highest BCUT2D eigenvalue weighted by molar-refractivity contribution is 6.30. The van der Waals surface area contributed by atoms with Crippen molar-refractivity contribution in [1.29, 1.82) is 0 Å². The topological polar surface area (TPSA) is 76.0 Å². The number of H-pyrrole nitrogens is 1. The van der Waals surface area contributed by atoms with E-state index in [1.807, 2.05) is 25.1 Å². The molecular weight excluding hydrogens is 288 g/mol. The highest BCUT2D eigenvalue weighted by atomic mass is 35.5. The summed E-state index contributed by atoms with van der Waals surface area (Å²) < 4.78 is 6.12. The molecule has 0 fully saturated rings. The Morgan fingerprint density at radius 2 is 2.38 bits per heavy atom. The Hall–Kier alpha value is -1.72.